The maximum atomic E-state index is 12.6. The van der Waals surface area contributed by atoms with Crippen LogP contribution in [-0.4, -0.2) is 48.2 Å². The van der Waals surface area contributed by atoms with Crippen LogP contribution in [0.5, 0.6) is 0 Å². The van der Waals surface area contributed by atoms with Gasteiger partial charge in [-0.15, -0.1) is 0 Å². The molecule has 0 saturated carbocycles. The van der Waals surface area contributed by atoms with E-state index in [0.717, 1.165) is 24.2 Å². The Morgan fingerprint density at radius 2 is 2.14 bits per heavy atom. The van der Waals surface area contributed by atoms with Crippen molar-refractivity contribution in [1.29, 1.82) is 0 Å². The number of hydrogen-bond donors (Lipinski definition) is 1. The van der Waals surface area contributed by atoms with E-state index in [1.165, 1.54) is 0 Å². The number of piperidine rings is 1. The van der Waals surface area contributed by atoms with Crippen molar-refractivity contribution in [2.75, 3.05) is 31.1 Å². The number of β-amino-alcohol motifs (C(OH)–C–C–N with tert-alkyl or cyclic N) is 1. The number of carbonyl (C=O) groups is 1. The highest BCUT2D eigenvalue weighted by atomic mass is 16.3. The predicted octanol–water partition coefficient (Wildman–Crippen LogP) is 2.05. The van der Waals surface area contributed by atoms with Crippen LogP contribution in [0, 0.1) is 12.8 Å². The number of likely N-dealkylation sites (N-methyl/N-ethyl adjacent to an activating group) is 1. The Morgan fingerprint density at radius 1 is 1.43 bits per heavy atom. The Hall–Kier alpha value is -1.39. The maximum absolute atomic E-state index is 12.6. The predicted molar refractivity (Wildman–Crippen MR) is 85.4 cm³/mol. The summed E-state index contributed by atoms with van der Waals surface area (Å²) >= 11 is 0. The first-order valence-electron chi connectivity index (χ1n) is 7.79. The van der Waals surface area contributed by atoms with Crippen molar-refractivity contribution in [2.45, 2.75) is 33.3 Å². The highest BCUT2D eigenvalue weighted by molar-refractivity contribution is 5.95. The number of hydrogen-bond acceptors (Lipinski definition) is 3. The molecule has 4 heteroatoms. The van der Waals surface area contributed by atoms with Gasteiger partial charge >= 0.3 is 0 Å². The lowest BCUT2D eigenvalue weighted by molar-refractivity contribution is -0.120. The molecule has 2 atom stereocenters. The zero-order chi connectivity index (χ0) is 15.4. The largest absolute Gasteiger partial charge is 0.392 e. The molecule has 0 spiro atoms. The zero-order valence-electron chi connectivity index (χ0n) is 13.2. The van der Waals surface area contributed by atoms with Crippen molar-refractivity contribution >= 4 is 11.6 Å². The summed E-state index contributed by atoms with van der Waals surface area (Å²) < 4.78 is 0. The Kier molecular flexibility index (Phi) is 5.37. The lowest BCUT2D eigenvalue weighted by atomic mass is 9.96. The Bertz CT molecular complexity index is 489. The van der Waals surface area contributed by atoms with Gasteiger partial charge in [-0.2, -0.15) is 0 Å². The summed E-state index contributed by atoms with van der Waals surface area (Å²) in [4.78, 5) is 16.5. The average molecular weight is 290 g/mol. The van der Waals surface area contributed by atoms with Crippen molar-refractivity contribution in [2.24, 2.45) is 5.92 Å². The van der Waals surface area contributed by atoms with Crippen molar-refractivity contribution in [3.8, 4) is 0 Å². The monoisotopic (exact) mass is 290 g/mol. The molecule has 1 aromatic rings. The molecule has 1 saturated heterocycles. The van der Waals surface area contributed by atoms with E-state index in [1.54, 1.807) is 0 Å². The fraction of sp³-hybridized carbons (Fsp3) is 0.588. The molecule has 2 rings (SSSR count). The molecule has 0 aliphatic carbocycles. The van der Waals surface area contributed by atoms with Crippen molar-refractivity contribution in [1.82, 2.24) is 4.90 Å². The Balaban J connectivity index is 2.03. The van der Waals surface area contributed by atoms with Gasteiger partial charge in [-0.3, -0.25) is 9.69 Å². The summed E-state index contributed by atoms with van der Waals surface area (Å²) in [5, 5.41) is 9.95. The van der Waals surface area contributed by atoms with Crippen LogP contribution in [0.15, 0.2) is 24.3 Å². The molecule has 21 heavy (non-hydrogen) atoms. The summed E-state index contributed by atoms with van der Waals surface area (Å²) in [5.41, 5.74) is 2.09. The third kappa shape index (κ3) is 3.83. The van der Waals surface area contributed by atoms with Gasteiger partial charge in [0.15, 0.2) is 0 Å². The summed E-state index contributed by atoms with van der Waals surface area (Å²) in [6.45, 7) is 8.61. The fourth-order valence-electron chi connectivity index (χ4n) is 2.88. The quantitative estimate of drug-likeness (QED) is 0.923. The number of benzene rings is 1. The minimum atomic E-state index is -0.319. The number of likely N-dealkylation sites (tertiary alicyclic amines) is 1. The zero-order valence-corrected chi connectivity index (χ0v) is 13.2. The van der Waals surface area contributed by atoms with Gasteiger partial charge in [0.1, 0.15) is 0 Å². The molecular formula is C17H26N2O2. The Morgan fingerprint density at radius 3 is 2.76 bits per heavy atom. The minimum Gasteiger partial charge on any atom is -0.392 e. The van der Waals surface area contributed by atoms with Crippen LogP contribution in [0.2, 0.25) is 0 Å². The highest BCUT2D eigenvalue weighted by Gasteiger charge is 2.27. The second-order valence-corrected chi connectivity index (χ2v) is 5.99. The number of aryl methyl sites for hydroxylation is 1. The number of carbonyl (C=O) groups excluding carboxylic acids is 1. The topological polar surface area (TPSA) is 43.8 Å². The van der Waals surface area contributed by atoms with Gasteiger partial charge in [-0.25, -0.2) is 0 Å². The van der Waals surface area contributed by atoms with E-state index in [-0.39, 0.29) is 12.0 Å². The standard InChI is InChI=1S/C17H26N2O2/c1-4-19(15-8-6-5-7-13(15)2)17(21)12-18-10-9-14(3)16(20)11-18/h5-8,14,16,20H,4,9-12H2,1-3H3. The number of amides is 1. The number of aliphatic hydroxyl groups is 1. The van der Waals surface area contributed by atoms with Crippen molar-refractivity contribution < 1.29 is 9.90 Å². The number of para-hydroxylation sites is 1. The Labute approximate surface area is 127 Å². The number of nitrogens with zero attached hydrogens (tertiary/aromatic N) is 2. The molecule has 0 bridgehead atoms. The molecule has 1 aliphatic rings. The highest BCUT2D eigenvalue weighted by Crippen LogP contribution is 2.21. The smallest absolute Gasteiger partial charge is 0.241 e. The molecule has 0 aromatic heterocycles. The van der Waals surface area contributed by atoms with E-state index in [9.17, 15) is 9.90 Å². The van der Waals surface area contributed by atoms with Gasteiger partial charge in [0.05, 0.1) is 12.6 Å². The van der Waals surface area contributed by atoms with Gasteiger partial charge in [0.2, 0.25) is 5.91 Å². The van der Waals surface area contributed by atoms with Gasteiger partial charge in [0.25, 0.3) is 0 Å². The molecule has 2 unspecified atom stereocenters. The van der Waals surface area contributed by atoms with Crippen LogP contribution in [0.4, 0.5) is 5.69 Å². The van der Waals surface area contributed by atoms with Gasteiger partial charge < -0.3 is 10.0 Å². The van der Waals surface area contributed by atoms with E-state index in [1.807, 2.05) is 43.0 Å². The summed E-state index contributed by atoms with van der Waals surface area (Å²) in [5.74, 6) is 0.434. The molecule has 1 amide bonds. The van der Waals surface area contributed by atoms with E-state index in [4.69, 9.17) is 0 Å². The van der Waals surface area contributed by atoms with E-state index in [2.05, 4.69) is 11.8 Å². The fourth-order valence-corrected chi connectivity index (χ4v) is 2.88. The molecule has 0 radical (unpaired) electrons. The molecule has 1 heterocycles. The normalized spacial score (nSPS) is 23.0. The lowest BCUT2D eigenvalue weighted by Crippen LogP contribution is -2.48. The lowest BCUT2D eigenvalue weighted by Gasteiger charge is -2.35. The third-order valence-electron chi connectivity index (χ3n) is 4.39. The molecule has 1 fully saturated rings. The second-order valence-electron chi connectivity index (χ2n) is 5.99. The van der Waals surface area contributed by atoms with Gasteiger partial charge in [-0.05, 0) is 44.4 Å². The third-order valence-corrected chi connectivity index (χ3v) is 4.39. The molecule has 4 nitrogen and oxygen atoms in total. The summed E-state index contributed by atoms with van der Waals surface area (Å²) in [6.07, 6.45) is 0.630. The van der Waals surface area contributed by atoms with Crippen LogP contribution in [0.3, 0.4) is 0 Å². The SMILES string of the molecule is CCN(C(=O)CN1CCC(C)C(O)C1)c1ccccc1C. The molecule has 1 aromatic carbocycles. The summed E-state index contributed by atoms with van der Waals surface area (Å²) in [6, 6.07) is 7.96. The molecule has 1 aliphatic heterocycles. The first-order chi connectivity index (χ1) is 10.0. The van der Waals surface area contributed by atoms with Crippen LogP contribution in [0.25, 0.3) is 0 Å². The second kappa shape index (κ2) is 7.05. The molecule has 116 valence electrons. The number of aliphatic hydroxyl groups excluding tert-OH is 1. The average Bonchev–Trinajstić information content (AvgIpc) is 2.46. The van der Waals surface area contributed by atoms with E-state index >= 15 is 0 Å². The van der Waals surface area contributed by atoms with Crippen LogP contribution < -0.4 is 4.90 Å². The first-order valence-corrected chi connectivity index (χ1v) is 7.79. The van der Waals surface area contributed by atoms with Gasteiger partial charge in [-0.1, -0.05) is 25.1 Å². The molecular weight excluding hydrogens is 264 g/mol. The van der Waals surface area contributed by atoms with Crippen LogP contribution >= 0.6 is 0 Å². The maximum Gasteiger partial charge on any atom is 0.241 e. The minimum absolute atomic E-state index is 0.105. The number of rotatable bonds is 4. The first kappa shape index (κ1) is 16.0. The van der Waals surface area contributed by atoms with E-state index in [0.29, 0.717) is 25.6 Å². The van der Waals surface area contributed by atoms with Crippen molar-refractivity contribution in [3.63, 3.8) is 0 Å². The molecule has 1 N–H and O–H groups in total. The van der Waals surface area contributed by atoms with Crippen molar-refractivity contribution in [3.05, 3.63) is 29.8 Å². The summed E-state index contributed by atoms with van der Waals surface area (Å²) in [7, 11) is 0. The van der Waals surface area contributed by atoms with Gasteiger partial charge in [0, 0.05) is 18.8 Å². The van der Waals surface area contributed by atoms with E-state index < -0.39 is 0 Å². The van der Waals surface area contributed by atoms with Crippen LogP contribution in [-0.2, 0) is 4.79 Å². The number of anilines is 1. The van der Waals surface area contributed by atoms with Crippen LogP contribution in [0.1, 0.15) is 25.8 Å².